The topological polar surface area (TPSA) is 84.5 Å². The number of carbonyl (C=O) groups excluding carboxylic acids is 3. The van der Waals surface area contributed by atoms with Gasteiger partial charge >= 0.3 is 5.97 Å². The van der Waals surface area contributed by atoms with Crippen LogP contribution >= 0.6 is 23.2 Å². The second-order valence-corrected chi connectivity index (χ2v) is 6.61. The highest BCUT2D eigenvalue weighted by Crippen LogP contribution is 2.25. The molecule has 6 nitrogen and oxygen atoms in total. The lowest BCUT2D eigenvalue weighted by atomic mass is 10.1. The molecule has 0 spiro atoms. The molecule has 0 heterocycles. The van der Waals surface area contributed by atoms with Crippen molar-refractivity contribution in [1.82, 2.24) is 5.32 Å². The van der Waals surface area contributed by atoms with E-state index in [0.29, 0.717) is 15.7 Å². The maximum atomic E-state index is 12.0. The first-order valence-corrected chi connectivity index (χ1v) is 8.81. The summed E-state index contributed by atoms with van der Waals surface area (Å²) in [6.07, 6.45) is 0. The van der Waals surface area contributed by atoms with Gasteiger partial charge < -0.3 is 15.4 Å². The van der Waals surface area contributed by atoms with Crippen LogP contribution in [-0.2, 0) is 14.3 Å². The zero-order valence-corrected chi connectivity index (χ0v) is 16.2. The van der Waals surface area contributed by atoms with Gasteiger partial charge in [0.25, 0.3) is 5.91 Å². The molecule has 0 aliphatic carbocycles. The molecule has 8 heteroatoms. The highest BCUT2D eigenvalue weighted by atomic mass is 35.5. The van der Waals surface area contributed by atoms with E-state index in [1.807, 2.05) is 0 Å². The fourth-order valence-electron chi connectivity index (χ4n) is 2.26. The van der Waals surface area contributed by atoms with Gasteiger partial charge in [-0.05, 0) is 48.9 Å². The van der Waals surface area contributed by atoms with E-state index in [1.165, 1.54) is 19.1 Å². The van der Waals surface area contributed by atoms with E-state index < -0.39 is 18.5 Å². The fraction of sp³-hybridized carbons (Fsp3) is 0.211. The summed E-state index contributed by atoms with van der Waals surface area (Å²) in [5.41, 5.74) is 1.61. The number of nitrogens with one attached hydrogen (secondary N) is 2. The number of benzene rings is 2. The smallest absolute Gasteiger partial charge is 0.338 e. The molecule has 0 bridgehead atoms. The van der Waals surface area contributed by atoms with Crippen LogP contribution in [0.2, 0.25) is 10.0 Å². The van der Waals surface area contributed by atoms with Crippen molar-refractivity contribution in [3.05, 3.63) is 63.6 Å². The molecule has 0 radical (unpaired) electrons. The summed E-state index contributed by atoms with van der Waals surface area (Å²) in [5, 5.41) is 6.13. The summed E-state index contributed by atoms with van der Waals surface area (Å²) in [5.74, 6) is -1.29. The van der Waals surface area contributed by atoms with Crippen LogP contribution in [0.5, 0.6) is 0 Å². The Kier molecular flexibility index (Phi) is 7.21. The summed E-state index contributed by atoms with van der Waals surface area (Å²) in [6.45, 7) is 2.75. The lowest BCUT2D eigenvalue weighted by Gasteiger charge is -2.15. The van der Waals surface area contributed by atoms with Gasteiger partial charge in [-0.1, -0.05) is 29.3 Å². The van der Waals surface area contributed by atoms with E-state index in [4.69, 9.17) is 27.9 Å². The molecule has 142 valence electrons. The van der Waals surface area contributed by atoms with Crippen molar-refractivity contribution in [1.29, 1.82) is 0 Å². The van der Waals surface area contributed by atoms with Gasteiger partial charge in [0.1, 0.15) is 0 Å². The molecule has 1 atom stereocenters. The molecule has 0 aliphatic rings. The van der Waals surface area contributed by atoms with E-state index >= 15 is 0 Å². The van der Waals surface area contributed by atoms with Crippen molar-refractivity contribution in [2.24, 2.45) is 0 Å². The van der Waals surface area contributed by atoms with Crippen LogP contribution in [-0.4, -0.2) is 24.4 Å². The van der Waals surface area contributed by atoms with Crippen LogP contribution in [0.3, 0.4) is 0 Å². The molecule has 27 heavy (non-hydrogen) atoms. The molecular weight excluding hydrogens is 391 g/mol. The molecule has 0 aliphatic heterocycles. The van der Waals surface area contributed by atoms with Crippen molar-refractivity contribution in [3.8, 4) is 0 Å². The summed E-state index contributed by atoms with van der Waals surface area (Å²) >= 11 is 11.8. The lowest BCUT2D eigenvalue weighted by molar-refractivity contribution is -0.124. The molecule has 0 saturated carbocycles. The largest absolute Gasteiger partial charge is 0.452 e. The van der Waals surface area contributed by atoms with Crippen molar-refractivity contribution in [3.63, 3.8) is 0 Å². The number of ether oxygens (including phenoxy) is 1. The monoisotopic (exact) mass is 408 g/mol. The number of hydrogen-bond donors (Lipinski definition) is 2. The SMILES string of the molecule is CC(=O)Nc1ccc(C(=O)OCC(=O)N[C@H](C)c2ccc(Cl)c(Cl)c2)cc1. The zero-order valence-electron chi connectivity index (χ0n) is 14.7. The Labute approximate surface area is 166 Å². The molecule has 2 amide bonds. The van der Waals surface area contributed by atoms with Crippen LogP contribution in [0.25, 0.3) is 0 Å². The predicted octanol–water partition coefficient (Wildman–Crippen LogP) is 3.99. The maximum Gasteiger partial charge on any atom is 0.338 e. The van der Waals surface area contributed by atoms with Gasteiger partial charge in [0.2, 0.25) is 5.91 Å². The zero-order chi connectivity index (χ0) is 20.0. The number of amides is 2. The second kappa shape index (κ2) is 9.39. The molecule has 0 saturated heterocycles. The van der Waals surface area contributed by atoms with Crippen molar-refractivity contribution >= 4 is 46.7 Å². The third-order valence-electron chi connectivity index (χ3n) is 3.60. The molecule has 2 aromatic carbocycles. The third-order valence-corrected chi connectivity index (χ3v) is 4.34. The predicted molar refractivity (Wildman–Crippen MR) is 104 cm³/mol. The van der Waals surface area contributed by atoms with E-state index in [-0.39, 0.29) is 17.5 Å². The minimum atomic E-state index is -0.637. The van der Waals surface area contributed by atoms with Gasteiger partial charge in [0.15, 0.2) is 6.61 Å². The number of anilines is 1. The Morgan fingerprint density at radius 3 is 2.30 bits per heavy atom. The second-order valence-electron chi connectivity index (χ2n) is 5.80. The number of carbonyl (C=O) groups is 3. The van der Waals surface area contributed by atoms with E-state index in [9.17, 15) is 14.4 Å². The summed E-state index contributed by atoms with van der Waals surface area (Å²) < 4.78 is 5.00. The van der Waals surface area contributed by atoms with E-state index in [2.05, 4.69) is 10.6 Å². The van der Waals surface area contributed by atoms with Crippen LogP contribution in [0.4, 0.5) is 5.69 Å². The Morgan fingerprint density at radius 1 is 1.04 bits per heavy atom. The van der Waals surface area contributed by atoms with Gasteiger partial charge in [-0.3, -0.25) is 9.59 Å². The number of halogens is 2. The molecule has 0 unspecified atom stereocenters. The molecule has 2 N–H and O–H groups in total. The molecule has 2 aromatic rings. The molecule has 0 aromatic heterocycles. The first-order valence-electron chi connectivity index (χ1n) is 8.05. The fourth-order valence-corrected chi connectivity index (χ4v) is 2.56. The van der Waals surface area contributed by atoms with Crippen molar-refractivity contribution < 1.29 is 19.1 Å². The average molecular weight is 409 g/mol. The maximum absolute atomic E-state index is 12.0. The van der Waals surface area contributed by atoms with E-state index in [1.54, 1.807) is 37.3 Å². The normalized spacial score (nSPS) is 11.4. The van der Waals surface area contributed by atoms with Crippen LogP contribution in [0.15, 0.2) is 42.5 Å². The van der Waals surface area contributed by atoms with E-state index in [0.717, 1.165) is 5.56 Å². The third kappa shape index (κ3) is 6.27. The summed E-state index contributed by atoms with van der Waals surface area (Å²) in [4.78, 5) is 35.0. The Hall–Kier alpha value is -2.57. The number of rotatable bonds is 6. The van der Waals surface area contributed by atoms with Crippen LogP contribution < -0.4 is 10.6 Å². The Balaban J connectivity index is 1.86. The average Bonchev–Trinajstić information content (AvgIpc) is 2.62. The van der Waals surface area contributed by atoms with Crippen LogP contribution in [0, 0.1) is 0 Å². The highest BCUT2D eigenvalue weighted by Gasteiger charge is 2.14. The minimum Gasteiger partial charge on any atom is -0.452 e. The van der Waals surface area contributed by atoms with Crippen molar-refractivity contribution in [2.45, 2.75) is 19.9 Å². The minimum absolute atomic E-state index is 0.210. The highest BCUT2D eigenvalue weighted by molar-refractivity contribution is 6.42. The standard InChI is InChI=1S/C19H18Cl2N2O4/c1-11(14-5-8-16(20)17(21)9-14)22-18(25)10-27-19(26)13-3-6-15(7-4-13)23-12(2)24/h3-9,11H,10H2,1-2H3,(H,22,25)(H,23,24)/t11-/m1/s1. The van der Waals surface area contributed by atoms with Gasteiger partial charge in [-0.2, -0.15) is 0 Å². The molecule has 0 fully saturated rings. The summed E-state index contributed by atoms with van der Waals surface area (Å²) in [6, 6.07) is 10.9. The van der Waals surface area contributed by atoms with Gasteiger partial charge in [-0.25, -0.2) is 4.79 Å². The Bertz CT molecular complexity index is 853. The van der Waals surface area contributed by atoms with Crippen LogP contribution in [0.1, 0.15) is 35.8 Å². The first kappa shape index (κ1) is 20.7. The number of esters is 1. The quantitative estimate of drug-likeness (QED) is 0.707. The molecular formula is C19H18Cl2N2O4. The number of hydrogen-bond acceptors (Lipinski definition) is 4. The lowest BCUT2D eigenvalue weighted by Crippen LogP contribution is -2.31. The van der Waals surface area contributed by atoms with Gasteiger partial charge in [0, 0.05) is 12.6 Å². The van der Waals surface area contributed by atoms with Gasteiger partial charge in [-0.15, -0.1) is 0 Å². The first-order chi connectivity index (χ1) is 12.8. The Morgan fingerprint density at radius 2 is 1.70 bits per heavy atom. The van der Waals surface area contributed by atoms with Crippen molar-refractivity contribution in [2.75, 3.05) is 11.9 Å². The summed E-state index contributed by atoms with van der Waals surface area (Å²) in [7, 11) is 0. The van der Waals surface area contributed by atoms with Gasteiger partial charge in [0.05, 0.1) is 21.7 Å². The molecule has 2 rings (SSSR count).